The molecule has 2 aromatic heterocycles. The number of aromatic nitrogens is 3. The number of aromatic amines is 2. The first kappa shape index (κ1) is 21.7. The van der Waals surface area contributed by atoms with Crippen molar-refractivity contribution in [2.24, 2.45) is 0 Å². The maximum Gasteiger partial charge on any atom is 0.329 e. The molecule has 1 saturated heterocycles. The molecule has 1 unspecified atom stereocenters. The van der Waals surface area contributed by atoms with E-state index in [0.29, 0.717) is 22.0 Å². The molecule has 5 aromatic rings. The highest BCUT2D eigenvalue weighted by atomic mass is 19.1. The van der Waals surface area contributed by atoms with Crippen molar-refractivity contribution >= 4 is 39.3 Å². The van der Waals surface area contributed by atoms with Gasteiger partial charge >= 0.3 is 6.03 Å². The van der Waals surface area contributed by atoms with Crippen LogP contribution in [0.4, 0.5) is 14.9 Å². The number of para-hydroxylation sites is 1. The number of hydrogen-bond donors (Lipinski definition) is 3. The van der Waals surface area contributed by atoms with Crippen molar-refractivity contribution in [1.29, 1.82) is 0 Å². The number of rotatable bonds is 5. The Morgan fingerprint density at radius 1 is 0.917 bits per heavy atom. The van der Waals surface area contributed by atoms with Gasteiger partial charge < -0.3 is 10.3 Å². The number of halogens is 1. The summed E-state index contributed by atoms with van der Waals surface area (Å²) >= 11 is 0. The van der Waals surface area contributed by atoms with Crippen LogP contribution in [0.15, 0.2) is 77.7 Å². The first-order valence-electron chi connectivity index (χ1n) is 11.4. The lowest BCUT2D eigenvalue weighted by Crippen LogP contribution is -2.33. The van der Waals surface area contributed by atoms with E-state index in [9.17, 15) is 18.8 Å². The van der Waals surface area contributed by atoms with Crippen LogP contribution in [0.5, 0.6) is 0 Å². The van der Waals surface area contributed by atoms with Gasteiger partial charge in [-0.3, -0.25) is 9.59 Å². The van der Waals surface area contributed by atoms with E-state index in [4.69, 9.17) is 0 Å². The van der Waals surface area contributed by atoms with Crippen LogP contribution in [0.1, 0.15) is 16.8 Å². The minimum absolute atomic E-state index is 0.120. The average molecular weight is 481 g/mol. The van der Waals surface area contributed by atoms with Crippen LogP contribution in [0.3, 0.4) is 0 Å². The minimum atomic E-state index is -0.815. The highest BCUT2D eigenvalue weighted by Crippen LogP contribution is 2.28. The molecule has 9 heteroatoms. The zero-order chi connectivity index (χ0) is 24.8. The quantitative estimate of drug-likeness (QED) is 0.332. The number of carbonyl (C=O) groups excluding carboxylic acids is 2. The smallest absolute Gasteiger partial charge is 0.329 e. The second kappa shape index (κ2) is 8.46. The summed E-state index contributed by atoms with van der Waals surface area (Å²) in [6.45, 7) is 0. The van der Waals surface area contributed by atoms with Crippen molar-refractivity contribution in [3.05, 3.63) is 106 Å². The van der Waals surface area contributed by atoms with Gasteiger partial charge in [-0.1, -0.05) is 42.5 Å². The fraction of sp³-hybridized carbons (Fsp3) is 0.111. The van der Waals surface area contributed by atoms with Gasteiger partial charge in [0.25, 0.3) is 11.5 Å². The van der Waals surface area contributed by atoms with Crippen LogP contribution >= 0.6 is 0 Å². The number of anilines is 1. The van der Waals surface area contributed by atoms with E-state index in [0.717, 1.165) is 21.4 Å². The third-order valence-corrected chi connectivity index (χ3v) is 6.52. The fourth-order valence-corrected chi connectivity index (χ4v) is 4.76. The third kappa shape index (κ3) is 3.61. The maximum atomic E-state index is 14.9. The van der Waals surface area contributed by atoms with E-state index < -0.39 is 23.8 Å². The van der Waals surface area contributed by atoms with Crippen molar-refractivity contribution < 1.29 is 14.0 Å². The highest BCUT2D eigenvalue weighted by molar-refractivity contribution is 6.21. The van der Waals surface area contributed by atoms with Gasteiger partial charge in [-0.2, -0.15) is 5.10 Å². The number of nitrogens with zero attached hydrogens (tertiary/aromatic N) is 2. The zero-order valence-electron chi connectivity index (χ0n) is 18.9. The lowest BCUT2D eigenvalue weighted by atomic mass is 10.0. The van der Waals surface area contributed by atoms with Gasteiger partial charge in [-0.05, 0) is 35.4 Å². The Morgan fingerprint density at radius 3 is 2.50 bits per heavy atom. The topological polar surface area (TPSA) is 111 Å². The number of fused-ring (bicyclic) bond motifs is 2. The molecule has 36 heavy (non-hydrogen) atoms. The second-order valence-corrected chi connectivity index (χ2v) is 8.75. The molecule has 0 saturated carbocycles. The Hall–Kier alpha value is -4.79. The van der Waals surface area contributed by atoms with Crippen molar-refractivity contribution in [3.63, 3.8) is 0 Å². The molecular weight excluding hydrogens is 461 g/mol. The normalized spacial score (nSPS) is 15.7. The molecular formula is C27H20FN5O3. The fourth-order valence-electron chi connectivity index (χ4n) is 4.76. The second-order valence-electron chi connectivity index (χ2n) is 8.75. The molecule has 1 fully saturated rings. The first-order chi connectivity index (χ1) is 17.5. The molecule has 0 bridgehead atoms. The molecule has 1 atom stereocenters. The number of carbonyl (C=O) groups is 2. The Balaban J connectivity index is 1.30. The molecule has 0 radical (unpaired) electrons. The van der Waals surface area contributed by atoms with Gasteiger partial charge in [0.1, 0.15) is 11.9 Å². The zero-order valence-corrected chi connectivity index (χ0v) is 18.9. The van der Waals surface area contributed by atoms with Gasteiger partial charge in [0.2, 0.25) is 0 Å². The van der Waals surface area contributed by atoms with Gasteiger partial charge in [-0.15, -0.1) is 0 Å². The predicted molar refractivity (Wildman–Crippen MR) is 133 cm³/mol. The standard InChI is InChI=1S/C27H20FN5O3/c28-20-10-9-15(11-22-18-6-1-2-7-19(18)25(34)32-31-22)12-24(20)33-26(35)23(30-27(33)36)13-16-14-29-21-8-4-3-5-17(16)21/h1-10,12,14,23,29H,11,13H2,(H,30,36)(H,32,34). The lowest BCUT2D eigenvalue weighted by Gasteiger charge is -2.15. The summed E-state index contributed by atoms with van der Waals surface area (Å²) in [7, 11) is 0. The van der Waals surface area contributed by atoms with Gasteiger partial charge in [0.05, 0.1) is 16.8 Å². The number of H-pyrrole nitrogens is 2. The molecule has 0 spiro atoms. The molecule has 3 heterocycles. The number of benzene rings is 3. The molecule has 3 amide bonds. The van der Waals surface area contributed by atoms with Crippen molar-refractivity contribution in [1.82, 2.24) is 20.5 Å². The van der Waals surface area contributed by atoms with Crippen LogP contribution in [0.2, 0.25) is 0 Å². The largest absolute Gasteiger partial charge is 0.361 e. The van der Waals surface area contributed by atoms with Crippen molar-refractivity contribution in [3.8, 4) is 0 Å². The Bertz CT molecular complexity index is 1720. The van der Waals surface area contributed by atoms with Gasteiger partial charge in [0.15, 0.2) is 0 Å². The van der Waals surface area contributed by atoms with E-state index in [1.54, 1.807) is 24.3 Å². The van der Waals surface area contributed by atoms with Crippen molar-refractivity contribution in [2.45, 2.75) is 18.9 Å². The number of nitrogens with one attached hydrogen (secondary N) is 3. The van der Waals surface area contributed by atoms with Gasteiger partial charge in [0, 0.05) is 35.3 Å². The summed E-state index contributed by atoms with van der Waals surface area (Å²) in [5.74, 6) is -1.21. The lowest BCUT2D eigenvalue weighted by molar-refractivity contribution is -0.118. The van der Waals surface area contributed by atoms with E-state index >= 15 is 0 Å². The molecule has 0 aliphatic carbocycles. The van der Waals surface area contributed by atoms with E-state index in [1.807, 2.05) is 36.5 Å². The van der Waals surface area contributed by atoms with Crippen LogP contribution in [-0.4, -0.2) is 33.2 Å². The average Bonchev–Trinajstić information content (AvgIpc) is 3.42. The molecule has 1 aliphatic rings. The summed E-state index contributed by atoms with van der Waals surface area (Å²) in [5.41, 5.74) is 2.63. The Labute approximate surface area is 203 Å². The molecule has 6 rings (SSSR count). The Kier molecular flexibility index (Phi) is 5.10. The molecule has 1 aliphatic heterocycles. The summed E-state index contributed by atoms with van der Waals surface area (Å²) in [5, 5.41) is 11.5. The molecule has 178 valence electrons. The van der Waals surface area contributed by atoms with Crippen LogP contribution in [-0.2, 0) is 17.6 Å². The minimum Gasteiger partial charge on any atom is -0.361 e. The van der Waals surface area contributed by atoms with Crippen LogP contribution in [0.25, 0.3) is 21.7 Å². The summed E-state index contributed by atoms with van der Waals surface area (Å²) < 4.78 is 14.9. The number of hydrogen-bond acceptors (Lipinski definition) is 4. The highest BCUT2D eigenvalue weighted by Gasteiger charge is 2.40. The number of urea groups is 1. The number of imide groups is 1. The molecule has 8 nitrogen and oxygen atoms in total. The van der Waals surface area contributed by atoms with Gasteiger partial charge in [-0.25, -0.2) is 19.2 Å². The monoisotopic (exact) mass is 481 g/mol. The summed E-state index contributed by atoms with van der Waals surface area (Å²) in [6.07, 6.45) is 2.36. The van der Waals surface area contributed by atoms with Crippen molar-refractivity contribution in [2.75, 3.05) is 4.90 Å². The maximum absolute atomic E-state index is 14.9. The SMILES string of the molecule is O=C1NC(Cc2c[nH]c3ccccc23)C(=O)N1c1cc(Cc2n[nH]c(=O)c3ccccc23)ccc1F. The van der Waals surface area contributed by atoms with E-state index in [2.05, 4.69) is 20.5 Å². The predicted octanol–water partition coefficient (Wildman–Crippen LogP) is 3.80. The van der Waals surface area contributed by atoms with E-state index in [-0.39, 0.29) is 24.1 Å². The summed E-state index contributed by atoms with van der Waals surface area (Å²) in [6, 6.07) is 17.6. The first-order valence-corrected chi connectivity index (χ1v) is 11.4. The third-order valence-electron chi connectivity index (χ3n) is 6.52. The Morgan fingerprint density at radius 2 is 1.67 bits per heavy atom. The van der Waals surface area contributed by atoms with Crippen LogP contribution < -0.4 is 15.8 Å². The van der Waals surface area contributed by atoms with Crippen LogP contribution in [0, 0.1) is 5.82 Å². The molecule has 3 N–H and O–H groups in total. The molecule has 3 aromatic carbocycles. The van der Waals surface area contributed by atoms with E-state index in [1.165, 1.54) is 12.1 Å². The summed E-state index contributed by atoms with van der Waals surface area (Å²) in [4.78, 5) is 42.1. The number of amides is 3.